The molecule has 1 N–H and O–H groups in total. The summed E-state index contributed by atoms with van der Waals surface area (Å²) in [5, 5.41) is 12.0. The average molecular weight is 461 g/mol. The lowest BCUT2D eigenvalue weighted by atomic mass is 10.2. The Morgan fingerprint density at radius 2 is 1.90 bits per heavy atom. The van der Waals surface area contributed by atoms with Crippen LogP contribution in [0.4, 0.5) is 10.8 Å². The summed E-state index contributed by atoms with van der Waals surface area (Å²) in [7, 11) is -1.98. The molecule has 0 saturated heterocycles. The van der Waals surface area contributed by atoms with E-state index in [1.165, 1.54) is 22.8 Å². The third kappa shape index (κ3) is 6.25. The number of rotatable bonds is 9. The number of carbonyl (C=O) groups is 1. The van der Waals surface area contributed by atoms with Crippen molar-refractivity contribution in [2.45, 2.75) is 19.8 Å². The van der Waals surface area contributed by atoms with Gasteiger partial charge in [0, 0.05) is 24.6 Å². The van der Waals surface area contributed by atoms with Crippen molar-refractivity contribution in [3.05, 3.63) is 54.1 Å². The summed E-state index contributed by atoms with van der Waals surface area (Å²) in [4.78, 5) is 12.3. The number of anilines is 2. The van der Waals surface area contributed by atoms with Gasteiger partial charge in [-0.25, -0.2) is 8.42 Å². The lowest BCUT2D eigenvalue weighted by molar-refractivity contribution is -0.116. The fourth-order valence-corrected chi connectivity index (χ4v) is 4.63. The number of aryl methyl sites for hydroxylation is 1. The van der Waals surface area contributed by atoms with E-state index in [9.17, 15) is 13.2 Å². The van der Waals surface area contributed by atoms with Crippen LogP contribution in [-0.4, -0.2) is 44.4 Å². The van der Waals surface area contributed by atoms with Crippen molar-refractivity contribution in [3.8, 4) is 16.3 Å². The highest BCUT2D eigenvalue weighted by molar-refractivity contribution is 7.92. The molecule has 1 aromatic heterocycles. The van der Waals surface area contributed by atoms with Crippen LogP contribution in [0.15, 0.2) is 48.5 Å². The second kappa shape index (κ2) is 9.88. The van der Waals surface area contributed by atoms with Gasteiger partial charge in [-0.05, 0) is 25.5 Å². The maximum atomic E-state index is 12.3. The highest BCUT2D eigenvalue weighted by Crippen LogP contribution is 2.27. The van der Waals surface area contributed by atoms with E-state index >= 15 is 0 Å². The fraction of sp³-hybridized carbons (Fsp3) is 0.286. The summed E-state index contributed by atoms with van der Waals surface area (Å²) in [6, 6.07) is 14.7. The molecule has 1 heterocycles. The molecule has 0 atom stereocenters. The Morgan fingerprint density at radius 3 is 2.58 bits per heavy atom. The van der Waals surface area contributed by atoms with Gasteiger partial charge in [0.05, 0.1) is 19.1 Å². The third-order valence-electron chi connectivity index (χ3n) is 4.48. The molecule has 3 aromatic rings. The second-order valence-corrected chi connectivity index (χ2v) is 9.85. The van der Waals surface area contributed by atoms with Crippen LogP contribution in [-0.2, 0) is 14.8 Å². The van der Waals surface area contributed by atoms with Gasteiger partial charge in [-0.3, -0.25) is 9.10 Å². The lowest BCUT2D eigenvalue weighted by Crippen LogP contribution is -2.31. The van der Waals surface area contributed by atoms with E-state index in [4.69, 9.17) is 4.74 Å². The predicted molar refractivity (Wildman–Crippen MR) is 123 cm³/mol. The number of ether oxygens (including phenoxy) is 1. The van der Waals surface area contributed by atoms with E-state index in [0.717, 1.165) is 22.4 Å². The minimum atomic E-state index is -3.50. The van der Waals surface area contributed by atoms with Crippen LogP contribution in [0.1, 0.15) is 18.4 Å². The van der Waals surface area contributed by atoms with Crippen LogP contribution in [0, 0.1) is 6.92 Å². The molecule has 8 nitrogen and oxygen atoms in total. The summed E-state index contributed by atoms with van der Waals surface area (Å²) >= 11 is 1.29. The van der Waals surface area contributed by atoms with Crippen LogP contribution in [0.2, 0.25) is 0 Å². The number of hydrogen-bond donors (Lipinski definition) is 1. The summed E-state index contributed by atoms with van der Waals surface area (Å²) in [6.07, 6.45) is 1.63. The molecule has 0 aliphatic heterocycles. The van der Waals surface area contributed by atoms with E-state index in [1.807, 2.05) is 31.2 Å². The van der Waals surface area contributed by atoms with E-state index < -0.39 is 10.0 Å². The summed E-state index contributed by atoms with van der Waals surface area (Å²) < 4.78 is 30.9. The molecule has 0 radical (unpaired) electrons. The van der Waals surface area contributed by atoms with E-state index in [-0.39, 0.29) is 18.9 Å². The van der Waals surface area contributed by atoms with E-state index in [0.29, 0.717) is 23.0 Å². The predicted octanol–water partition coefficient (Wildman–Crippen LogP) is 3.71. The Bertz CT molecular complexity index is 1140. The number of benzene rings is 2. The molecule has 3 rings (SSSR count). The quantitative estimate of drug-likeness (QED) is 0.522. The molecule has 2 aromatic carbocycles. The van der Waals surface area contributed by atoms with Gasteiger partial charge in [-0.15, -0.1) is 10.2 Å². The zero-order chi connectivity index (χ0) is 22.4. The summed E-state index contributed by atoms with van der Waals surface area (Å²) in [5.41, 5.74) is 2.58. The van der Waals surface area contributed by atoms with Gasteiger partial charge >= 0.3 is 0 Å². The zero-order valence-corrected chi connectivity index (χ0v) is 19.2. The molecule has 0 unspecified atom stereocenters. The first-order valence-electron chi connectivity index (χ1n) is 9.58. The van der Waals surface area contributed by atoms with Crippen LogP contribution in [0.25, 0.3) is 10.6 Å². The number of sulfonamides is 1. The standard InChI is InChI=1S/C21H24N4O4S2/c1-15-9-11-16(12-10-15)20-23-24-21(30-20)22-19(26)8-5-13-25(31(3,27)28)17-6-4-7-18(14-17)29-2/h4,6-7,9-12,14H,5,8,13H2,1-3H3,(H,22,24,26). The minimum absolute atomic E-state index is 0.148. The lowest BCUT2D eigenvalue weighted by Gasteiger charge is -2.22. The third-order valence-corrected chi connectivity index (χ3v) is 6.56. The van der Waals surface area contributed by atoms with Gasteiger partial charge in [0.25, 0.3) is 0 Å². The Kier molecular flexibility index (Phi) is 7.24. The van der Waals surface area contributed by atoms with E-state index in [2.05, 4.69) is 15.5 Å². The first kappa shape index (κ1) is 22.7. The summed E-state index contributed by atoms with van der Waals surface area (Å²) in [6.45, 7) is 2.18. The normalized spacial score (nSPS) is 11.2. The van der Waals surface area contributed by atoms with Gasteiger partial charge in [0.1, 0.15) is 10.8 Å². The number of hydrogen-bond acceptors (Lipinski definition) is 7. The number of nitrogens with zero attached hydrogens (tertiary/aromatic N) is 3. The highest BCUT2D eigenvalue weighted by Gasteiger charge is 2.18. The molecule has 0 fully saturated rings. The molecule has 0 spiro atoms. The Labute approximate surface area is 185 Å². The average Bonchev–Trinajstić information content (AvgIpc) is 3.19. The monoisotopic (exact) mass is 460 g/mol. The molecule has 0 aliphatic carbocycles. The van der Waals surface area contributed by atoms with E-state index in [1.54, 1.807) is 24.3 Å². The van der Waals surface area contributed by atoms with Crippen molar-refractivity contribution in [1.82, 2.24) is 10.2 Å². The van der Waals surface area contributed by atoms with Crippen molar-refractivity contribution in [3.63, 3.8) is 0 Å². The van der Waals surface area contributed by atoms with Crippen molar-refractivity contribution in [2.75, 3.05) is 29.5 Å². The smallest absolute Gasteiger partial charge is 0.232 e. The molecule has 0 saturated carbocycles. The second-order valence-electron chi connectivity index (χ2n) is 6.97. The molecular weight excluding hydrogens is 436 g/mol. The first-order valence-corrected chi connectivity index (χ1v) is 12.2. The van der Waals surface area contributed by atoms with Gasteiger partial charge in [-0.2, -0.15) is 0 Å². The maximum absolute atomic E-state index is 12.3. The zero-order valence-electron chi connectivity index (χ0n) is 17.5. The van der Waals surface area contributed by atoms with Gasteiger partial charge in [0.15, 0.2) is 0 Å². The van der Waals surface area contributed by atoms with Gasteiger partial charge < -0.3 is 10.1 Å². The Hall–Kier alpha value is -2.98. The van der Waals surface area contributed by atoms with Crippen LogP contribution in [0.5, 0.6) is 5.75 Å². The molecule has 31 heavy (non-hydrogen) atoms. The molecular formula is C21H24N4O4S2. The maximum Gasteiger partial charge on any atom is 0.232 e. The molecule has 0 bridgehead atoms. The fourth-order valence-electron chi connectivity index (χ4n) is 2.90. The Morgan fingerprint density at radius 1 is 1.16 bits per heavy atom. The number of carbonyl (C=O) groups excluding carboxylic acids is 1. The number of nitrogens with one attached hydrogen (secondary N) is 1. The Balaban J connectivity index is 1.58. The molecule has 10 heteroatoms. The largest absolute Gasteiger partial charge is 0.497 e. The number of methoxy groups -OCH3 is 1. The first-order chi connectivity index (χ1) is 14.8. The number of amides is 1. The molecule has 164 valence electrons. The SMILES string of the molecule is COc1cccc(N(CCCC(=O)Nc2nnc(-c3ccc(C)cc3)s2)S(C)(=O)=O)c1. The van der Waals surface area contributed by atoms with Crippen molar-refractivity contribution >= 4 is 38.1 Å². The molecule has 0 aliphatic rings. The van der Waals surface area contributed by atoms with Gasteiger partial charge in [-0.1, -0.05) is 47.2 Å². The molecule has 1 amide bonds. The van der Waals surface area contributed by atoms with Crippen molar-refractivity contribution < 1.29 is 17.9 Å². The summed E-state index contributed by atoms with van der Waals surface area (Å²) in [5.74, 6) is 0.315. The van der Waals surface area contributed by atoms with Gasteiger partial charge in [0.2, 0.25) is 21.1 Å². The minimum Gasteiger partial charge on any atom is -0.497 e. The highest BCUT2D eigenvalue weighted by atomic mass is 32.2. The topological polar surface area (TPSA) is 101 Å². The van der Waals surface area contributed by atoms with Crippen LogP contribution >= 0.6 is 11.3 Å². The number of aromatic nitrogens is 2. The van der Waals surface area contributed by atoms with Crippen LogP contribution < -0.4 is 14.4 Å². The van der Waals surface area contributed by atoms with Crippen molar-refractivity contribution in [2.24, 2.45) is 0 Å². The van der Waals surface area contributed by atoms with Crippen molar-refractivity contribution in [1.29, 1.82) is 0 Å². The van der Waals surface area contributed by atoms with Crippen LogP contribution in [0.3, 0.4) is 0 Å².